The fourth-order valence-corrected chi connectivity index (χ4v) is 4.19. The lowest BCUT2D eigenvalue weighted by Crippen LogP contribution is -2.21. The molecule has 1 aromatic carbocycles. The fourth-order valence-electron chi connectivity index (χ4n) is 1.20. The molecular weight excluding hydrogens is 228 g/mol. The van der Waals surface area contributed by atoms with Crippen molar-refractivity contribution < 1.29 is 0 Å². The van der Waals surface area contributed by atoms with Gasteiger partial charge in [-0.3, -0.25) is 0 Å². The second kappa shape index (κ2) is 5.58. The smallest absolute Gasteiger partial charge is 0.0962 e. The largest absolute Gasteiger partial charge is 0.116 e. The molecule has 1 rings (SSSR count). The van der Waals surface area contributed by atoms with Crippen molar-refractivity contribution in [3.8, 4) is 0 Å². The Bertz CT molecular complexity index is 402. The topological polar surface area (TPSA) is 0 Å². The van der Waals surface area contributed by atoms with Crippen LogP contribution in [0.25, 0.3) is 0 Å². The minimum absolute atomic E-state index is 1.26. The third-order valence-corrected chi connectivity index (χ3v) is 6.45. The number of hydrogen-bond acceptors (Lipinski definition) is 1. The van der Waals surface area contributed by atoms with Gasteiger partial charge in [-0.15, -0.1) is 5.73 Å². The molecule has 1 aromatic rings. The van der Waals surface area contributed by atoms with Crippen molar-refractivity contribution in [3.05, 3.63) is 46.2 Å². The van der Waals surface area contributed by atoms with Crippen LogP contribution in [0.15, 0.2) is 51.1 Å². The molecule has 0 N–H and O–H groups in total. The molecule has 0 aliphatic carbocycles. The molecule has 86 valence electrons. The van der Waals surface area contributed by atoms with E-state index in [4.69, 9.17) is 0 Å². The molecule has 0 amide bonds. The van der Waals surface area contributed by atoms with Gasteiger partial charge in [0.25, 0.3) is 0 Å². The first-order valence-electron chi connectivity index (χ1n) is 5.57. The Kier molecular flexibility index (Phi) is 4.66. The summed E-state index contributed by atoms with van der Waals surface area (Å²) in [5, 5.41) is 0. The van der Waals surface area contributed by atoms with Crippen molar-refractivity contribution in [1.29, 1.82) is 0 Å². The molecule has 2 heteroatoms. The monoisotopic (exact) mass is 248 g/mol. The van der Waals surface area contributed by atoms with E-state index >= 15 is 0 Å². The van der Waals surface area contributed by atoms with Crippen LogP contribution >= 0.6 is 11.8 Å². The summed E-state index contributed by atoms with van der Waals surface area (Å²) in [5.74, 6) is 0. The highest BCUT2D eigenvalue weighted by Gasteiger charge is 2.20. The maximum absolute atomic E-state index is 3.53. The van der Waals surface area contributed by atoms with Gasteiger partial charge in [0.15, 0.2) is 0 Å². The average Bonchev–Trinajstić information content (AvgIpc) is 2.16. The maximum atomic E-state index is 3.53. The summed E-state index contributed by atoms with van der Waals surface area (Å²) in [7, 11) is -1.28. The van der Waals surface area contributed by atoms with E-state index in [-0.39, 0.29) is 0 Å². The van der Waals surface area contributed by atoms with Gasteiger partial charge >= 0.3 is 0 Å². The first kappa shape index (κ1) is 13.4. The minimum Gasteiger partial charge on any atom is -0.116 e. The van der Waals surface area contributed by atoms with Crippen LogP contribution in [0.5, 0.6) is 0 Å². The van der Waals surface area contributed by atoms with Gasteiger partial charge in [0.05, 0.1) is 8.07 Å². The van der Waals surface area contributed by atoms with Gasteiger partial charge in [-0.2, -0.15) is 0 Å². The lowest BCUT2D eigenvalue weighted by Gasteiger charge is -2.18. The molecular formula is C14H20SSi. The van der Waals surface area contributed by atoms with Crippen LogP contribution < -0.4 is 0 Å². The standard InChI is InChI=1S/C14H20SSi/c1-12(2)11-14(16(3,4)5)15-13-9-7-6-8-10-13/h6-10H,1-5H3. The summed E-state index contributed by atoms with van der Waals surface area (Å²) in [6.45, 7) is 11.3. The Balaban J connectivity index is 3.04. The Morgan fingerprint density at radius 2 is 1.62 bits per heavy atom. The van der Waals surface area contributed by atoms with E-state index in [1.165, 1.54) is 15.0 Å². The molecule has 16 heavy (non-hydrogen) atoms. The lowest BCUT2D eigenvalue weighted by atomic mass is 10.4. The molecule has 0 saturated carbocycles. The van der Waals surface area contributed by atoms with Crippen LogP contribution in [-0.2, 0) is 0 Å². The van der Waals surface area contributed by atoms with Gasteiger partial charge in [-0.25, -0.2) is 0 Å². The zero-order valence-corrected chi connectivity index (χ0v) is 12.6. The number of hydrogen-bond donors (Lipinski definition) is 0. The molecule has 0 aliphatic rings. The van der Waals surface area contributed by atoms with E-state index in [0.717, 1.165) is 0 Å². The zero-order valence-electron chi connectivity index (χ0n) is 10.8. The van der Waals surface area contributed by atoms with Crippen molar-refractivity contribution >= 4 is 19.8 Å². The normalized spacial score (nSPS) is 10.8. The third-order valence-electron chi connectivity index (χ3n) is 2.01. The number of benzene rings is 1. The maximum Gasteiger partial charge on any atom is 0.0962 e. The van der Waals surface area contributed by atoms with Crippen molar-refractivity contribution in [2.24, 2.45) is 0 Å². The minimum atomic E-state index is -1.28. The van der Waals surface area contributed by atoms with E-state index in [9.17, 15) is 0 Å². The Labute approximate surface area is 104 Å². The number of thioether (sulfide) groups is 1. The van der Waals surface area contributed by atoms with Crippen molar-refractivity contribution in [2.75, 3.05) is 0 Å². The van der Waals surface area contributed by atoms with Crippen LogP contribution in [0.3, 0.4) is 0 Å². The molecule has 0 aliphatic heterocycles. The van der Waals surface area contributed by atoms with Crippen molar-refractivity contribution in [1.82, 2.24) is 0 Å². The summed E-state index contributed by atoms with van der Waals surface area (Å²) in [4.78, 5) is 1.31. The number of allylic oxidation sites excluding steroid dienone is 1. The van der Waals surface area contributed by atoms with E-state index < -0.39 is 8.07 Å². The van der Waals surface area contributed by atoms with E-state index in [0.29, 0.717) is 0 Å². The van der Waals surface area contributed by atoms with Crippen LogP contribution in [0.1, 0.15) is 13.8 Å². The molecule has 0 atom stereocenters. The number of rotatable bonds is 3. The van der Waals surface area contributed by atoms with Gasteiger partial charge in [0.1, 0.15) is 0 Å². The summed E-state index contributed by atoms with van der Waals surface area (Å²) in [5.41, 5.74) is 4.79. The second-order valence-corrected chi connectivity index (χ2v) is 11.6. The molecule has 0 saturated heterocycles. The molecule has 0 fully saturated rings. The molecule has 0 radical (unpaired) electrons. The molecule has 0 heterocycles. The molecule has 0 spiro atoms. The average molecular weight is 248 g/mol. The predicted molar refractivity (Wildman–Crippen MR) is 77.5 cm³/mol. The SMILES string of the molecule is CC(C)=C=C(Sc1ccccc1)[Si](C)(C)C. The molecule has 0 bridgehead atoms. The van der Waals surface area contributed by atoms with E-state index in [1.807, 2.05) is 11.8 Å². The van der Waals surface area contributed by atoms with Gasteiger partial charge < -0.3 is 0 Å². The van der Waals surface area contributed by atoms with E-state index in [2.05, 4.69) is 69.6 Å². The lowest BCUT2D eigenvalue weighted by molar-refractivity contribution is 1.40. The van der Waals surface area contributed by atoms with Crippen LogP contribution in [0, 0.1) is 0 Å². The quantitative estimate of drug-likeness (QED) is 0.407. The summed E-state index contributed by atoms with van der Waals surface area (Å²) < 4.78 is 1.43. The Morgan fingerprint density at radius 1 is 1.06 bits per heavy atom. The zero-order chi connectivity index (χ0) is 12.2. The molecule has 0 nitrogen and oxygen atoms in total. The molecule has 0 aromatic heterocycles. The highest BCUT2D eigenvalue weighted by atomic mass is 32.2. The predicted octanol–water partition coefficient (Wildman–Crippen LogP) is 5.11. The summed E-state index contributed by atoms with van der Waals surface area (Å²) in [6, 6.07) is 10.6. The highest BCUT2D eigenvalue weighted by Crippen LogP contribution is 2.32. The van der Waals surface area contributed by atoms with Crippen LogP contribution in [0.2, 0.25) is 19.6 Å². The second-order valence-electron chi connectivity index (χ2n) is 5.12. The Morgan fingerprint density at radius 3 is 2.06 bits per heavy atom. The van der Waals surface area contributed by atoms with Crippen LogP contribution in [-0.4, -0.2) is 8.07 Å². The highest BCUT2D eigenvalue weighted by molar-refractivity contribution is 8.05. The summed E-state index contributed by atoms with van der Waals surface area (Å²) >= 11 is 1.87. The van der Waals surface area contributed by atoms with Crippen LogP contribution in [0.4, 0.5) is 0 Å². The van der Waals surface area contributed by atoms with Gasteiger partial charge in [0, 0.05) is 9.42 Å². The van der Waals surface area contributed by atoms with Crippen molar-refractivity contribution in [3.63, 3.8) is 0 Å². The summed E-state index contributed by atoms with van der Waals surface area (Å²) in [6.07, 6.45) is 0. The first-order valence-corrected chi connectivity index (χ1v) is 9.89. The van der Waals surface area contributed by atoms with Gasteiger partial charge in [-0.1, -0.05) is 49.6 Å². The Hall–Kier alpha value is -0.693. The van der Waals surface area contributed by atoms with E-state index in [1.54, 1.807) is 0 Å². The molecule has 0 unspecified atom stereocenters. The third kappa shape index (κ3) is 4.44. The van der Waals surface area contributed by atoms with Crippen molar-refractivity contribution in [2.45, 2.75) is 38.4 Å². The fraction of sp³-hybridized carbons (Fsp3) is 0.357. The first-order chi connectivity index (χ1) is 7.39. The van der Waals surface area contributed by atoms with Gasteiger partial charge in [-0.05, 0) is 31.6 Å². The van der Waals surface area contributed by atoms with Gasteiger partial charge in [0.2, 0.25) is 0 Å².